The van der Waals surface area contributed by atoms with Gasteiger partial charge < -0.3 is 16.0 Å². The lowest BCUT2D eigenvalue weighted by molar-refractivity contribution is 0.419. The number of nitrogens with two attached hydrogens (primary N) is 2. The van der Waals surface area contributed by atoms with Gasteiger partial charge in [-0.2, -0.15) is 4.98 Å². The maximum Gasteiger partial charge on any atom is 0.258 e. The monoisotopic (exact) mass is 246 g/mol. The Morgan fingerprint density at radius 1 is 1.17 bits per heavy atom. The van der Waals surface area contributed by atoms with E-state index >= 15 is 0 Å². The first-order chi connectivity index (χ1) is 8.54. The number of aryl methyl sites for hydroxylation is 1. The van der Waals surface area contributed by atoms with Crippen LogP contribution in [0.2, 0.25) is 0 Å². The Morgan fingerprint density at radius 3 is 2.44 bits per heavy atom. The van der Waals surface area contributed by atoms with Gasteiger partial charge in [0.05, 0.1) is 0 Å². The Bertz CT molecular complexity index is 513. The van der Waals surface area contributed by atoms with Gasteiger partial charge in [-0.05, 0) is 30.5 Å². The first kappa shape index (κ1) is 12.4. The fourth-order valence-corrected chi connectivity index (χ4v) is 1.69. The topological polar surface area (TPSA) is 91.0 Å². The molecule has 0 aliphatic carbocycles. The molecule has 0 radical (unpaired) electrons. The maximum atomic E-state index is 5.73. The van der Waals surface area contributed by atoms with Crippen LogP contribution < -0.4 is 11.5 Å². The van der Waals surface area contributed by atoms with Crippen LogP contribution >= 0.6 is 0 Å². The van der Waals surface area contributed by atoms with Crippen molar-refractivity contribution in [2.75, 3.05) is 11.5 Å². The zero-order chi connectivity index (χ0) is 13.1. The molecule has 0 bridgehead atoms. The second kappa shape index (κ2) is 5.08. The summed E-state index contributed by atoms with van der Waals surface area (Å²) < 4.78 is 5.22. The van der Waals surface area contributed by atoms with Gasteiger partial charge in [-0.25, -0.2) is 0 Å². The van der Waals surface area contributed by atoms with Gasteiger partial charge in [0.2, 0.25) is 0 Å². The summed E-state index contributed by atoms with van der Waals surface area (Å²) in [5.41, 5.74) is 13.4. The Kier molecular flexibility index (Phi) is 3.50. The highest BCUT2D eigenvalue weighted by Crippen LogP contribution is 2.23. The Morgan fingerprint density at radius 2 is 1.83 bits per heavy atom. The van der Waals surface area contributed by atoms with Crippen molar-refractivity contribution >= 4 is 11.4 Å². The average molecular weight is 246 g/mol. The van der Waals surface area contributed by atoms with Gasteiger partial charge in [-0.15, -0.1) is 0 Å². The lowest BCUT2D eigenvalue weighted by Crippen LogP contribution is -1.94. The third-order valence-corrected chi connectivity index (χ3v) is 2.64. The van der Waals surface area contributed by atoms with E-state index in [9.17, 15) is 0 Å². The van der Waals surface area contributed by atoms with Crippen molar-refractivity contribution in [1.29, 1.82) is 0 Å². The van der Waals surface area contributed by atoms with E-state index in [1.807, 2.05) is 0 Å². The molecule has 0 aliphatic heterocycles. The third kappa shape index (κ3) is 3.00. The predicted octanol–water partition coefficient (Wildman–Crippen LogP) is 2.49. The highest BCUT2D eigenvalue weighted by Gasteiger charge is 2.10. The van der Waals surface area contributed by atoms with Gasteiger partial charge in [0.25, 0.3) is 5.89 Å². The van der Waals surface area contributed by atoms with E-state index in [2.05, 4.69) is 24.0 Å². The molecule has 1 aromatic heterocycles. The standard InChI is InChI=1S/C13H18N4O/c1-8(2)3-4-12-16-13(18-17-12)9-5-10(14)7-11(15)6-9/h5-8H,3-4,14-15H2,1-2H3. The quantitative estimate of drug-likeness (QED) is 0.809. The van der Waals surface area contributed by atoms with Crippen molar-refractivity contribution in [3.8, 4) is 11.5 Å². The van der Waals surface area contributed by atoms with Crippen molar-refractivity contribution in [2.45, 2.75) is 26.7 Å². The number of hydrogen-bond donors (Lipinski definition) is 2. The Hall–Kier alpha value is -2.04. The van der Waals surface area contributed by atoms with Crippen molar-refractivity contribution in [3.05, 3.63) is 24.0 Å². The molecule has 18 heavy (non-hydrogen) atoms. The molecule has 5 heteroatoms. The highest BCUT2D eigenvalue weighted by atomic mass is 16.5. The highest BCUT2D eigenvalue weighted by molar-refractivity contribution is 5.66. The summed E-state index contributed by atoms with van der Waals surface area (Å²) in [7, 11) is 0. The smallest absolute Gasteiger partial charge is 0.258 e. The van der Waals surface area contributed by atoms with E-state index in [1.54, 1.807) is 18.2 Å². The largest absolute Gasteiger partial charge is 0.399 e. The number of aromatic nitrogens is 2. The second-order valence-corrected chi connectivity index (χ2v) is 4.84. The molecule has 0 fully saturated rings. The summed E-state index contributed by atoms with van der Waals surface area (Å²) in [6.07, 6.45) is 1.86. The van der Waals surface area contributed by atoms with Gasteiger partial charge in [-0.3, -0.25) is 0 Å². The van der Waals surface area contributed by atoms with Crippen LogP contribution in [-0.4, -0.2) is 10.1 Å². The number of nitrogens with zero attached hydrogens (tertiary/aromatic N) is 2. The molecule has 0 saturated carbocycles. The summed E-state index contributed by atoms with van der Waals surface area (Å²) in [6, 6.07) is 5.24. The van der Waals surface area contributed by atoms with Gasteiger partial charge in [0, 0.05) is 23.4 Å². The van der Waals surface area contributed by atoms with E-state index in [1.165, 1.54) is 0 Å². The van der Waals surface area contributed by atoms with Crippen LogP contribution in [0.4, 0.5) is 11.4 Å². The number of hydrogen-bond acceptors (Lipinski definition) is 5. The maximum absolute atomic E-state index is 5.73. The SMILES string of the molecule is CC(C)CCc1noc(-c2cc(N)cc(N)c2)n1. The lowest BCUT2D eigenvalue weighted by atomic mass is 10.1. The second-order valence-electron chi connectivity index (χ2n) is 4.84. The van der Waals surface area contributed by atoms with Gasteiger partial charge in [-0.1, -0.05) is 19.0 Å². The molecule has 96 valence electrons. The van der Waals surface area contributed by atoms with Crippen molar-refractivity contribution in [1.82, 2.24) is 10.1 Å². The van der Waals surface area contributed by atoms with E-state index in [4.69, 9.17) is 16.0 Å². The lowest BCUT2D eigenvalue weighted by Gasteiger charge is -2.00. The normalized spacial score (nSPS) is 11.1. The van der Waals surface area contributed by atoms with E-state index in [0.717, 1.165) is 24.2 Å². The summed E-state index contributed by atoms with van der Waals surface area (Å²) in [5.74, 6) is 1.81. The van der Waals surface area contributed by atoms with Crippen molar-refractivity contribution in [2.24, 2.45) is 5.92 Å². The molecule has 2 rings (SSSR count). The molecular formula is C13H18N4O. The molecule has 0 amide bonds. The molecule has 1 aromatic carbocycles. The van der Waals surface area contributed by atoms with Gasteiger partial charge in [0.15, 0.2) is 5.82 Å². The molecule has 2 aromatic rings. The van der Waals surface area contributed by atoms with Crippen LogP contribution in [-0.2, 0) is 6.42 Å². The van der Waals surface area contributed by atoms with Crippen LogP contribution in [0.5, 0.6) is 0 Å². The first-order valence-electron chi connectivity index (χ1n) is 6.03. The van der Waals surface area contributed by atoms with Crippen LogP contribution in [0.25, 0.3) is 11.5 Å². The number of rotatable bonds is 4. The van der Waals surface area contributed by atoms with Crippen molar-refractivity contribution < 1.29 is 4.52 Å². The predicted molar refractivity (Wildman–Crippen MR) is 71.7 cm³/mol. The zero-order valence-corrected chi connectivity index (χ0v) is 10.7. The fourth-order valence-electron chi connectivity index (χ4n) is 1.69. The Labute approximate surface area is 106 Å². The average Bonchev–Trinajstić information content (AvgIpc) is 2.73. The molecule has 4 N–H and O–H groups in total. The minimum atomic E-state index is 0.466. The van der Waals surface area contributed by atoms with E-state index in [-0.39, 0.29) is 0 Å². The van der Waals surface area contributed by atoms with Crippen molar-refractivity contribution in [3.63, 3.8) is 0 Å². The molecular weight excluding hydrogens is 228 g/mol. The third-order valence-electron chi connectivity index (χ3n) is 2.64. The molecule has 1 heterocycles. The zero-order valence-electron chi connectivity index (χ0n) is 10.7. The summed E-state index contributed by atoms with van der Waals surface area (Å²) >= 11 is 0. The number of anilines is 2. The van der Waals surface area contributed by atoms with Gasteiger partial charge in [0.1, 0.15) is 0 Å². The molecule has 0 unspecified atom stereocenters. The van der Waals surface area contributed by atoms with Crippen LogP contribution in [0.15, 0.2) is 22.7 Å². The minimum absolute atomic E-state index is 0.466. The van der Waals surface area contributed by atoms with Gasteiger partial charge >= 0.3 is 0 Å². The fraction of sp³-hybridized carbons (Fsp3) is 0.385. The molecule has 0 saturated heterocycles. The summed E-state index contributed by atoms with van der Waals surface area (Å²) in [6.45, 7) is 4.33. The van der Waals surface area contributed by atoms with E-state index in [0.29, 0.717) is 23.2 Å². The summed E-state index contributed by atoms with van der Waals surface area (Å²) in [4.78, 5) is 4.35. The first-order valence-corrected chi connectivity index (χ1v) is 6.03. The van der Waals surface area contributed by atoms with Crippen LogP contribution in [0.3, 0.4) is 0 Å². The Balaban J connectivity index is 2.18. The summed E-state index contributed by atoms with van der Waals surface area (Å²) in [5, 5.41) is 3.96. The molecule has 5 nitrogen and oxygen atoms in total. The molecule has 0 aliphatic rings. The minimum Gasteiger partial charge on any atom is -0.399 e. The van der Waals surface area contributed by atoms with Crippen LogP contribution in [0.1, 0.15) is 26.1 Å². The molecule has 0 spiro atoms. The number of nitrogen functional groups attached to an aromatic ring is 2. The molecule has 0 atom stereocenters. The van der Waals surface area contributed by atoms with Crippen LogP contribution in [0, 0.1) is 5.92 Å². The number of benzene rings is 1. The van der Waals surface area contributed by atoms with E-state index < -0.39 is 0 Å².